The number of sulfonamides is 1. The molecule has 0 atom stereocenters. The van der Waals surface area contributed by atoms with Gasteiger partial charge in [0.2, 0.25) is 15.9 Å². The first-order valence-electron chi connectivity index (χ1n) is 7.75. The zero-order chi connectivity index (χ0) is 18.4. The third kappa shape index (κ3) is 5.32. The summed E-state index contributed by atoms with van der Waals surface area (Å²) in [6, 6.07) is 15.9. The van der Waals surface area contributed by atoms with Gasteiger partial charge in [-0.3, -0.25) is 0 Å². The molecule has 7 nitrogen and oxygen atoms in total. The van der Waals surface area contributed by atoms with Crippen LogP contribution in [-0.2, 0) is 16.4 Å². The Kier molecular flexibility index (Phi) is 5.92. The second kappa shape index (κ2) is 8.35. The Balaban J connectivity index is 1.44. The highest BCUT2D eigenvalue weighted by Gasteiger charge is 2.09. The fourth-order valence-electron chi connectivity index (χ4n) is 2.15. The van der Waals surface area contributed by atoms with Crippen molar-refractivity contribution < 1.29 is 17.6 Å². The largest absolute Gasteiger partial charge is 0.493 e. The van der Waals surface area contributed by atoms with E-state index in [-0.39, 0.29) is 4.90 Å². The third-order valence-corrected chi connectivity index (χ3v) is 5.09. The minimum absolute atomic E-state index is 0.0519. The third-order valence-electron chi connectivity index (χ3n) is 3.38. The molecule has 136 valence electrons. The van der Waals surface area contributed by atoms with Crippen molar-refractivity contribution >= 4 is 21.8 Å². The normalized spacial score (nSPS) is 11.4. The van der Waals surface area contributed by atoms with Gasteiger partial charge in [0.15, 0.2) is 0 Å². The number of primary sulfonamides is 1. The molecule has 0 aliphatic carbocycles. The van der Waals surface area contributed by atoms with E-state index in [1.54, 1.807) is 12.1 Å². The maximum Gasteiger partial charge on any atom is 0.276 e. The van der Waals surface area contributed by atoms with Gasteiger partial charge in [0.05, 0.1) is 17.9 Å². The molecule has 3 rings (SSSR count). The summed E-state index contributed by atoms with van der Waals surface area (Å²) < 4.78 is 33.5. The first-order valence-corrected chi connectivity index (χ1v) is 10.3. The van der Waals surface area contributed by atoms with Crippen LogP contribution in [0, 0.1) is 0 Å². The summed E-state index contributed by atoms with van der Waals surface area (Å²) in [5.41, 5.74) is 1.11. The SMILES string of the molecule is NS(=O)(=O)c1ccc(OCCSc2nnc(Cc3ccccc3)o2)cc1. The monoisotopic (exact) mass is 391 g/mol. The first kappa shape index (κ1) is 18.4. The van der Waals surface area contributed by atoms with Crippen LogP contribution in [0.5, 0.6) is 5.75 Å². The molecule has 1 heterocycles. The van der Waals surface area contributed by atoms with Gasteiger partial charge in [0, 0.05) is 5.75 Å². The molecule has 26 heavy (non-hydrogen) atoms. The number of nitrogens with zero attached hydrogens (tertiary/aromatic N) is 2. The van der Waals surface area contributed by atoms with Crippen molar-refractivity contribution in [3.8, 4) is 5.75 Å². The van der Waals surface area contributed by atoms with Crippen molar-refractivity contribution in [3.63, 3.8) is 0 Å². The lowest BCUT2D eigenvalue weighted by Crippen LogP contribution is -2.11. The average molecular weight is 391 g/mol. The second-order valence-corrected chi connectivity index (χ2v) is 7.95. The summed E-state index contributed by atoms with van der Waals surface area (Å²) in [5.74, 6) is 1.75. The smallest absolute Gasteiger partial charge is 0.276 e. The summed E-state index contributed by atoms with van der Waals surface area (Å²) in [4.78, 5) is 0.0519. The molecule has 9 heteroatoms. The van der Waals surface area contributed by atoms with E-state index >= 15 is 0 Å². The van der Waals surface area contributed by atoms with Gasteiger partial charge in [-0.1, -0.05) is 42.1 Å². The van der Waals surface area contributed by atoms with Gasteiger partial charge in [-0.15, -0.1) is 10.2 Å². The maximum atomic E-state index is 11.2. The van der Waals surface area contributed by atoms with Crippen LogP contribution in [0.2, 0.25) is 0 Å². The molecule has 0 fully saturated rings. The van der Waals surface area contributed by atoms with Crippen LogP contribution in [0.4, 0.5) is 0 Å². The Morgan fingerprint density at radius 2 is 1.77 bits per heavy atom. The van der Waals surface area contributed by atoms with E-state index in [2.05, 4.69) is 10.2 Å². The number of hydrogen-bond donors (Lipinski definition) is 1. The highest BCUT2D eigenvalue weighted by Crippen LogP contribution is 2.19. The molecule has 3 aromatic rings. The maximum absolute atomic E-state index is 11.2. The van der Waals surface area contributed by atoms with Gasteiger partial charge in [0.1, 0.15) is 5.75 Å². The molecule has 0 saturated heterocycles. The Labute approximate surface area is 155 Å². The van der Waals surface area contributed by atoms with Gasteiger partial charge >= 0.3 is 0 Å². The number of nitrogens with two attached hydrogens (primary N) is 1. The van der Waals surface area contributed by atoms with Crippen molar-refractivity contribution in [2.75, 3.05) is 12.4 Å². The van der Waals surface area contributed by atoms with Crippen LogP contribution in [0.1, 0.15) is 11.5 Å². The minimum atomic E-state index is -3.69. The molecule has 0 saturated carbocycles. The van der Waals surface area contributed by atoms with Crippen LogP contribution in [-0.4, -0.2) is 31.0 Å². The number of rotatable bonds is 8. The number of ether oxygens (including phenoxy) is 1. The lowest BCUT2D eigenvalue weighted by molar-refractivity contribution is 0.342. The highest BCUT2D eigenvalue weighted by molar-refractivity contribution is 7.99. The fourth-order valence-corrected chi connectivity index (χ4v) is 3.26. The van der Waals surface area contributed by atoms with Crippen molar-refractivity contribution in [1.29, 1.82) is 0 Å². The zero-order valence-electron chi connectivity index (χ0n) is 13.7. The van der Waals surface area contributed by atoms with Crippen molar-refractivity contribution in [2.24, 2.45) is 5.14 Å². The van der Waals surface area contributed by atoms with E-state index in [4.69, 9.17) is 14.3 Å². The summed E-state index contributed by atoms with van der Waals surface area (Å²) in [7, 11) is -3.69. The molecular weight excluding hydrogens is 374 g/mol. The van der Waals surface area contributed by atoms with Crippen LogP contribution in [0.3, 0.4) is 0 Å². The van der Waals surface area contributed by atoms with E-state index in [9.17, 15) is 8.42 Å². The van der Waals surface area contributed by atoms with Crippen molar-refractivity contribution in [3.05, 3.63) is 66.1 Å². The Hall–Kier alpha value is -2.36. The molecule has 2 aromatic carbocycles. The van der Waals surface area contributed by atoms with Gasteiger partial charge in [-0.05, 0) is 29.8 Å². The fraction of sp³-hybridized carbons (Fsp3) is 0.176. The number of thioether (sulfide) groups is 1. The Bertz CT molecular complexity index is 942. The van der Waals surface area contributed by atoms with E-state index in [1.165, 1.54) is 23.9 Å². The topological polar surface area (TPSA) is 108 Å². The number of aromatic nitrogens is 2. The van der Waals surface area contributed by atoms with Gasteiger partial charge in [-0.2, -0.15) is 0 Å². The lowest BCUT2D eigenvalue weighted by atomic mass is 10.2. The molecule has 0 amide bonds. The van der Waals surface area contributed by atoms with Crippen molar-refractivity contribution in [2.45, 2.75) is 16.5 Å². The lowest BCUT2D eigenvalue weighted by Gasteiger charge is -2.05. The van der Waals surface area contributed by atoms with Gasteiger partial charge in [0.25, 0.3) is 5.22 Å². The summed E-state index contributed by atoms with van der Waals surface area (Å²) in [5, 5.41) is 13.6. The molecule has 1 aromatic heterocycles. The molecular formula is C17H17N3O4S2. The van der Waals surface area contributed by atoms with E-state index in [1.807, 2.05) is 30.3 Å². The average Bonchev–Trinajstić information content (AvgIpc) is 3.06. The van der Waals surface area contributed by atoms with Gasteiger partial charge in [-0.25, -0.2) is 13.6 Å². The number of benzene rings is 2. The highest BCUT2D eigenvalue weighted by atomic mass is 32.2. The minimum Gasteiger partial charge on any atom is -0.493 e. The molecule has 0 radical (unpaired) electrons. The van der Waals surface area contributed by atoms with Crippen LogP contribution >= 0.6 is 11.8 Å². The predicted octanol–water partition coefficient (Wildman–Crippen LogP) is 2.48. The molecule has 0 aliphatic rings. The quantitative estimate of drug-likeness (QED) is 0.464. The molecule has 2 N–H and O–H groups in total. The van der Waals surface area contributed by atoms with E-state index in [0.717, 1.165) is 5.56 Å². The summed E-state index contributed by atoms with van der Waals surface area (Å²) in [6.07, 6.45) is 0.599. The van der Waals surface area contributed by atoms with E-state index in [0.29, 0.717) is 35.6 Å². The molecule has 0 bridgehead atoms. The van der Waals surface area contributed by atoms with Crippen LogP contribution in [0.15, 0.2) is 69.1 Å². The van der Waals surface area contributed by atoms with Crippen molar-refractivity contribution in [1.82, 2.24) is 10.2 Å². The summed E-state index contributed by atoms with van der Waals surface area (Å²) in [6.45, 7) is 0.412. The Morgan fingerprint density at radius 3 is 2.46 bits per heavy atom. The van der Waals surface area contributed by atoms with Crippen LogP contribution in [0.25, 0.3) is 0 Å². The van der Waals surface area contributed by atoms with Gasteiger partial charge < -0.3 is 9.15 Å². The molecule has 0 unspecified atom stereocenters. The predicted molar refractivity (Wildman–Crippen MR) is 97.6 cm³/mol. The Morgan fingerprint density at radius 1 is 1.04 bits per heavy atom. The summed E-state index contributed by atoms with van der Waals surface area (Å²) >= 11 is 1.40. The first-order chi connectivity index (χ1) is 12.5. The molecule has 0 spiro atoms. The zero-order valence-corrected chi connectivity index (χ0v) is 15.4. The second-order valence-electron chi connectivity index (χ2n) is 5.34. The molecule has 0 aliphatic heterocycles. The van der Waals surface area contributed by atoms with E-state index < -0.39 is 10.0 Å². The van der Waals surface area contributed by atoms with Crippen LogP contribution < -0.4 is 9.88 Å². The number of hydrogen-bond acceptors (Lipinski definition) is 7. The standard InChI is InChI=1S/C17H17N3O4S2/c18-26(21,22)15-8-6-14(7-9-15)23-10-11-25-17-20-19-16(24-17)12-13-4-2-1-3-5-13/h1-9H,10-12H2,(H2,18,21,22).